The van der Waals surface area contributed by atoms with Crippen LogP contribution in [-0.2, 0) is 0 Å². The molecule has 0 radical (unpaired) electrons. The van der Waals surface area contributed by atoms with Gasteiger partial charge in [0.05, 0.1) is 16.8 Å². The summed E-state index contributed by atoms with van der Waals surface area (Å²) in [6, 6.07) is 3.96. The van der Waals surface area contributed by atoms with Gasteiger partial charge in [0.15, 0.2) is 0 Å². The molecule has 1 aliphatic carbocycles. The van der Waals surface area contributed by atoms with Crippen molar-refractivity contribution in [2.24, 2.45) is 0 Å². The molecule has 0 saturated heterocycles. The zero-order chi connectivity index (χ0) is 12.8. The first-order valence-corrected chi connectivity index (χ1v) is 7.17. The molecule has 0 amide bonds. The predicted octanol–water partition coefficient (Wildman–Crippen LogP) is 4.28. The van der Waals surface area contributed by atoms with Crippen LogP contribution in [0.2, 0.25) is 5.02 Å². The van der Waals surface area contributed by atoms with Gasteiger partial charge in [-0.1, -0.05) is 36.1 Å². The van der Waals surface area contributed by atoms with E-state index in [0.717, 1.165) is 17.1 Å². The van der Waals surface area contributed by atoms with Gasteiger partial charge >= 0.3 is 0 Å². The van der Waals surface area contributed by atoms with Crippen LogP contribution < -0.4 is 5.32 Å². The van der Waals surface area contributed by atoms with Gasteiger partial charge in [0.2, 0.25) is 0 Å². The van der Waals surface area contributed by atoms with Crippen molar-refractivity contribution in [2.45, 2.75) is 44.6 Å². The molecule has 0 aromatic carbocycles. The van der Waals surface area contributed by atoms with Crippen LogP contribution in [0.3, 0.4) is 0 Å². The summed E-state index contributed by atoms with van der Waals surface area (Å²) in [6.07, 6.45) is 11.8. The first-order valence-electron chi connectivity index (χ1n) is 6.79. The van der Waals surface area contributed by atoms with E-state index in [-0.39, 0.29) is 6.04 Å². The van der Waals surface area contributed by atoms with Gasteiger partial charge in [-0.05, 0) is 44.9 Å². The van der Waals surface area contributed by atoms with Gasteiger partial charge in [0, 0.05) is 6.20 Å². The number of allylic oxidation sites excluding steroid dienone is 1. The fourth-order valence-corrected chi connectivity index (χ4v) is 2.82. The van der Waals surface area contributed by atoms with E-state index >= 15 is 0 Å². The minimum Gasteiger partial charge on any atom is -0.308 e. The van der Waals surface area contributed by atoms with Crippen molar-refractivity contribution in [3.63, 3.8) is 0 Å². The van der Waals surface area contributed by atoms with Crippen LogP contribution in [0.5, 0.6) is 0 Å². The molecule has 18 heavy (non-hydrogen) atoms. The smallest absolute Gasteiger partial charge is 0.0800 e. The maximum atomic E-state index is 6.26. The number of halogens is 1. The molecule has 1 heterocycles. The number of likely N-dealkylation sites (N-methyl/N-ethyl adjacent to an activating group) is 1. The zero-order valence-electron chi connectivity index (χ0n) is 11.0. The summed E-state index contributed by atoms with van der Waals surface area (Å²) in [5, 5.41) is 4.11. The highest BCUT2D eigenvalue weighted by Gasteiger charge is 2.18. The molecule has 1 unspecified atom stereocenters. The lowest BCUT2D eigenvalue weighted by Crippen LogP contribution is -2.20. The Kier molecular flexibility index (Phi) is 5.21. The first kappa shape index (κ1) is 13.6. The number of rotatable bonds is 3. The highest BCUT2D eigenvalue weighted by Crippen LogP contribution is 2.30. The standard InChI is InChI=1S/C15H21ClN2/c1-17-14(15-13(16)10-7-11-18-15)12-8-5-3-2-4-6-9-12/h7-8,10-11,14,17H,2-6,9H2,1H3/b12-8+. The molecule has 0 fully saturated rings. The van der Waals surface area contributed by atoms with E-state index in [9.17, 15) is 0 Å². The zero-order valence-corrected chi connectivity index (χ0v) is 11.7. The Morgan fingerprint density at radius 1 is 1.28 bits per heavy atom. The van der Waals surface area contributed by atoms with Crippen molar-refractivity contribution in [3.05, 3.63) is 40.7 Å². The Morgan fingerprint density at radius 3 is 2.89 bits per heavy atom. The van der Waals surface area contributed by atoms with E-state index in [1.165, 1.54) is 37.7 Å². The summed E-state index contributed by atoms with van der Waals surface area (Å²) in [5.74, 6) is 0. The normalized spacial score (nSPS) is 21.6. The molecular weight excluding hydrogens is 244 g/mol. The monoisotopic (exact) mass is 264 g/mol. The lowest BCUT2D eigenvalue weighted by molar-refractivity contribution is 0.567. The van der Waals surface area contributed by atoms with Gasteiger partial charge in [0.25, 0.3) is 0 Å². The molecule has 0 saturated carbocycles. The van der Waals surface area contributed by atoms with Crippen molar-refractivity contribution in [1.82, 2.24) is 10.3 Å². The predicted molar refractivity (Wildman–Crippen MR) is 76.8 cm³/mol. The Hall–Kier alpha value is -0.860. The summed E-state index contributed by atoms with van der Waals surface area (Å²) in [6.45, 7) is 0. The van der Waals surface area contributed by atoms with Crippen molar-refractivity contribution >= 4 is 11.6 Å². The van der Waals surface area contributed by atoms with Crippen LogP contribution >= 0.6 is 11.6 Å². The molecule has 0 aliphatic heterocycles. The van der Waals surface area contributed by atoms with Crippen LogP contribution in [0, 0.1) is 0 Å². The first-order chi connectivity index (χ1) is 8.83. The fraction of sp³-hybridized carbons (Fsp3) is 0.533. The molecule has 1 N–H and O–H groups in total. The van der Waals surface area contributed by atoms with E-state index in [0.29, 0.717) is 0 Å². The number of nitrogens with zero attached hydrogens (tertiary/aromatic N) is 1. The molecule has 1 aromatic heterocycles. The van der Waals surface area contributed by atoms with Gasteiger partial charge in [0.1, 0.15) is 0 Å². The highest BCUT2D eigenvalue weighted by molar-refractivity contribution is 6.31. The number of nitrogens with one attached hydrogen (secondary N) is 1. The Labute approximate surface area is 114 Å². The van der Waals surface area contributed by atoms with Gasteiger partial charge in [-0.3, -0.25) is 4.98 Å². The molecule has 1 aromatic rings. The molecule has 1 aliphatic rings. The van der Waals surface area contributed by atoms with Crippen LogP contribution in [0.15, 0.2) is 30.0 Å². The molecule has 0 bridgehead atoms. The van der Waals surface area contributed by atoms with E-state index < -0.39 is 0 Å². The largest absolute Gasteiger partial charge is 0.308 e. The van der Waals surface area contributed by atoms with Crippen LogP contribution in [0.25, 0.3) is 0 Å². The van der Waals surface area contributed by atoms with E-state index in [4.69, 9.17) is 11.6 Å². The minimum absolute atomic E-state index is 0.164. The molecule has 98 valence electrons. The summed E-state index contributed by atoms with van der Waals surface area (Å²) >= 11 is 6.26. The Morgan fingerprint density at radius 2 is 2.11 bits per heavy atom. The minimum atomic E-state index is 0.164. The molecular formula is C15H21ClN2. The quantitative estimate of drug-likeness (QED) is 0.825. The fourth-order valence-electron chi connectivity index (χ4n) is 2.59. The number of hydrogen-bond acceptors (Lipinski definition) is 2. The van der Waals surface area contributed by atoms with Crippen molar-refractivity contribution in [1.29, 1.82) is 0 Å². The highest BCUT2D eigenvalue weighted by atomic mass is 35.5. The number of hydrogen-bond donors (Lipinski definition) is 1. The van der Waals surface area contributed by atoms with Crippen molar-refractivity contribution < 1.29 is 0 Å². The van der Waals surface area contributed by atoms with Gasteiger partial charge in [-0.15, -0.1) is 0 Å². The molecule has 0 spiro atoms. The molecule has 3 heteroatoms. The Bertz CT molecular complexity index is 415. The lowest BCUT2D eigenvalue weighted by atomic mass is 9.93. The van der Waals surface area contributed by atoms with Gasteiger partial charge < -0.3 is 5.32 Å². The third kappa shape index (κ3) is 3.33. The number of pyridine rings is 1. The van der Waals surface area contributed by atoms with E-state index in [1.54, 1.807) is 0 Å². The maximum Gasteiger partial charge on any atom is 0.0800 e. The second-order valence-electron chi connectivity index (χ2n) is 4.82. The van der Waals surface area contributed by atoms with Gasteiger partial charge in [-0.2, -0.15) is 0 Å². The third-order valence-electron chi connectivity index (χ3n) is 3.55. The molecule has 1 atom stereocenters. The van der Waals surface area contributed by atoms with Crippen molar-refractivity contribution in [2.75, 3.05) is 7.05 Å². The van der Waals surface area contributed by atoms with Gasteiger partial charge in [-0.25, -0.2) is 0 Å². The van der Waals surface area contributed by atoms with Crippen molar-refractivity contribution in [3.8, 4) is 0 Å². The second kappa shape index (κ2) is 6.91. The van der Waals surface area contributed by atoms with Crippen LogP contribution in [-0.4, -0.2) is 12.0 Å². The average molecular weight is 265 g/mol. The summed E-state index contributed by atoms with van der Waals surface area (Å²) in [7, 11) is 1.98. The maximum absolute atomic E-state index is 6.26. The SMILES string of the molecule is CNC(/C1=C/CCCCCC1)c1ncccc1Cl. The number of aromatic nitrogens is 1. The van der Waals surface area contributed by atoms with Crippen LogP contribution in [0.4, 0.5) is 0 Å². The molecule has 2 rings (SSSR count). The summed E-state index contributed by atoms with van der Waals surface area (Å²) in [5.41, 5.74) is 2.39. The second-order valence-corrected chi connectivity index (χ2v) is 5.23. The van der Waals surface area contributed by atoms with E-state index in [1.807, 2.05) is 25.4 Å². The Balaban J connectivity index is 2.24. The third-order valence-corrected chi connectivity index (χ3v) is 3.87. The van der Waals surface area contributed by atoms with E-state index in [2.05, 4.69) is 16.4 Å². The topological polar surface area (TPSA) is 24.9 Å². The summed E-state index contributed by atoms with van der Waals surface area (Å²) in [4.78, 5) is 4.44. The average Bonchev–Trinajstić information content (AvgIpc) is 2.34. The lowest BCUT2D eigenvalue weighted by Gasteiger charge is -2.22. The van der Waals surface area contributed by atoms with Crippen LogP contribution in [0.1, 0.15) is 50.3 Å². The molecule has 2 nitrogen and oxygen atoms in total. The summed E-state index contributed by atoms with van der Waals surface area (Å²) < 4.78 is 0.